The Balaban J connectivity index is 0.00000144. The first kappa shape index (κ1) is 14.5. The zero-order chi connectivity index (χ0) is 11.4. The molecule has 1 aliphatic rings. The maximum atomic E-state index is 12.0. The van der Waals surface area contributed by atoms with Gasteiger partial charge in [0.1, 0.15) is 0 Å². The Morgan fingerprint density at radius 3 is 3.06 bits per heavy atom. The monoisotopic (exact) mass is 274 g/mol. The van der Waals surface area contributed by atoms with Gasteiger partial charge in [0.25, 0.3) is 0 Å². The van der Waals surface area contributed by atoms with Crippen LogP contribution in [0.25, 0.3) is 0 Å². The number of hydrogen-bond acceptors (Lipinski definition) is 3. The van der Waals surface area contributed by atoms with Crippen LogP contribution in [-0.4, -0.2) is 19.0 Å². The first-order valence-corrected chi connectivity index (χ1v) is 6.70. The quantitative estimate of drug-likeness (QED) is 0.888. The summed E-state index contributed by atoms with van der Waals surface area (Å²) in [7, 11) is 0. The van der Waals surface area contributed by atoms with Crippen molar-refractivity contribution in [2.24, 2.45) is 5.92 Å². The fourth-order valence-electron chi connectivity index (χ4n) is 2.02. The second-order valence-corrected chi connectivity index (χ2v) is 5.27. The third kappa shape index (κ3) is 3.98. The summed E-state index contributed by atoms with van der Waals surface area (Å²) < 4.78 is 0. The van der Waals surface area contributed by atoms with Crippen LogP contribution in [0, 0.1) is 5.92 Å². The number of halogens is 1. The summed E-state index contributed by atoms with van der Waals surface area (Å²) >= 11 is 1.69. The fraction of sp³-hybridized carbons (Fsp3) is 0.583. The number of carbonyl (C=O) groups excluding carboxylic acids is 1. The summed E-state index contributed by atoms with van der Waals surface area (Å²) in [5.41, 5.74) is 0. The largest absolute Gasteiger partial charge is 0.348 e. The van der Waals surface area contributed by atoms with E-state index in [0.717, 1.165) is 25.9 Å². The zero-order valence-electron chi connectivity index (χ0n) is 9.94. The molecule has 0 spiro atoms. The highest BCUT2D eigenvalue weighted by molar-refractivity contribution is 7.10. The van der Waals surface area contributed by atoms with Gasteiger partial charge in [-0.2, -0.15) is 0 Å². The molecule has 1 aromatic heterocycles. The predicted octanol–water partition coefficient (Wildman–Crippen LogP) is 2.35. The maximum absolute atomic E-state index is 12.0. The number of piperidine rings is 1. The lowest BCUT2D eigenvalue weighted by Crippen LogP contribution is -2.41. The van der Waals surface area contributed by atoms with Gasteiger partial charge in [-0.15, -0.1) is 23.7 Å². The van der Waals surface area contributed by atoms with Crippen LogP contribution < -0.4 is 10.6 Å². The average molecular weight is 275 g/mol. The lowest BCUT2D eigenvalue weighted by atomic mass is 9.98. The maximum Gasteiger partial charge on any atom is 0.224 e. The number of thiophene rings is 1. The Bertz CT molecular complexity index is 336. The van der Waals surface area contributed by atoms with Crippen molar-refractivity contribution in [3.8, 4) is 0 Å². The Labute approximate surface area is 112 Å². The smallest absolute Gasteiger partial charge is 0.224 e. The summed E-state index contributed by atoms with van der Waals surface area (Å²) in [6.45, 7) is 3.91. The molecule has 1 amide bonds. The molecule has 1 aromatic rings. The van der Waals surface area contributed by atoms with E-state index in [1.807, 2.05) is 18.4 Å². The van der Waals surface area contributed by atoms with Crippen LogP contribution in [0.2, 0.25) is 0 Å². The molecule has 0 radical (unpaired) electrons. The molecule has 1 fully saturated rings. The normalized spacial score (nSPS) is 21.4. The van der Waals surface area contributed by atoms with Crippen molar-refractivity contribution in [1.82, 2.24) is 10.6 Å². The highest BCUT2D eigenvalue weighted by Crippen LogP contribution is 2.19. The molecular weight excluding hydrogens is 256 g/mol. The van der Waals surface area contributed by atoms with Gasteiger partial charge in [-0.1, -0.05) is 6.07 Å². The molecule has 2 N–H and O–H groups in total. The van der Waals surface area contributed by atoms with E-state index >= 15 is 0 Å². The fourth-order valence-corrected chi connectivity index (χ4v) is 2.75. The molecule has 5 heteroatoms. The van der Waals surface area contributed by atoms with Gasteiger partial charge in [-0.3, -0.25) is 4.79 Å². The van der Waals surface area contributed by atoms with Gasteiger partial charge in [0, 0.05) is 11.4 Å². The van der Waals surface area contributed by atoms with Gasteiger partial charge in [-0.05, 0) is 37.8 Å². The standard InChI is InChI=1S/C12H18N2OS.ClH/c1-9(11-5-3-7-16-11)14-12(15)10-4-2-6-13-8-10;/h3,5,7,9-10,13H,2,4,6,8H2,1H3,(H,14,15);1H/t9?,10-;/m1./s1. The lowest BCUT2D eigenvalue weighted by Gasteiger charge is -2.23. The molecule has 0 saturated carbocycles. The van der Waals surface area contributed by atoms with E-state index in [4.69, 9.17) is 0 Å². The molecule has 96 valence electrons. The Kier molecular flexibility index (Phi) is 5.95. The highest BCUT2D eigenvalue weighted by atomic mass is 35.5. The van der Waals surface area contributed by atoms with Crippen molar-refractivity contribution >= 4 is 29.7 Å². The Morgan fingerprint density at radius 1 is 1.65 bits per heavy atom. The molecule has 1 unspecified atom stereocenters. The van der Waals surface area contributed by atoms with E-state index in [9.17, 15) is 4.79 Å². The van der Waals surface area contributed by atoms with E-state index in [0.29, 0.717) is 0 Å². The van der Waals surface area contributed by atoms with Gasteiger partial charge < -0.3 is 10.6 Å². The van der Waals surface area contributed by atoms with Crippen LogP contribution in [0.5, 0.6) is 0 Å². The number of rotatable bonds is 3. The summed E-state index contributed by atoms with van der Waals surface area (Å²) in [5.74, 6) is 0.337. The molecule has 1 saturated heterocycles. The van der Waals surface area contributed by atoms with Crippen LogP contribution in [0.4, 0.5) is 0 Å². The van der Waals surface area contributed by atoms with Crippen molar-refractivity contribution in [1.29, 1.82) is 0 Å². The van der Waals surface area contributed by atoms with E-state index in [-0.39, 0.29) is 30.3 Å². The van der Waals surface area contributed by atoms with Crippen LogP contribution in [0.15, 0.2) is 17.5 Å². The molecular formula is C12H19ClN2OS. The Morgan fingerprint density at radius 2 is 2.47 bits per heavy atom. The van der Waals surface area contributed by atoms with Crippen molar-refractivity contribution < 1.29 is 4.79 Å². The molecule has 2 atom stereocenters. The van der Waals surface area contributed by atoms with Crippen molar-refractivity contribution in [2.75, 3.05) is 13.1 Å². The van der Waals surface area contributed by atoms with Gasteiger partial charge in [0.2, 0.25) is 5.91 Å². The Hall–Kier alpha value is -0.580. The number of hydrogen-bond donors (Lipinski definition) is 2. The highest BCUT2D eigenvalue weighted by Gasteiger charge is 2.22. The first-order chi connectivity index (χ1) is 7.77. The van der Waals surface area contributed by atoms with E-state index in [1.165, 1.54) is 4.88 Å². The molecule has 1 aliphatic heterocycles. The molecule has 2 heterocycles. The first-order valence-electron chi connectivity index (χ1n) is 5.82. The summed E-state index contributed by atoms with van der Waals surface area (Å²) in [4.78, 5) is 13.2. The molecule has 0 aromatic carbocycles. The summed E-state index contributed by atoms with van der Waals surface area (Å²) in [5, 5.41) is 8.39. The van der Waals surface area contributed by atoms with E-state index in [2.05, 4.69) is 16.7 Å². The predicted molar refractivity (Wildman–Crippen MR) is 73.7 cm³/mol. The lowest BCUT2D eigenvalue weighted by molar-refractivity contribution is -0.126. The minimum Gasteiger partial charge on any atom is -0.348 e. The topological polar surface area (TPSA) is 41.1 Å². The zero-order valence-corrected chi connectivity index (χ0v) is 11.6. The van der Waals surface area contributed by atoms with Gasteiger partial charge in [-0.25, -0.2) is 0 Å². The number of carbonyl (C=O) groups is 1. The van der Waals surface area contributed by atoms with Crippen LogP contribution >= 0.6 is 23.7 Å². The summed E-state index contributed by atoms with van der Waals surface area (Å²) in [6.07, 6.45) is 2.11. The second-order valence-electron chi connectivity index (χ2n) is 4.29. The van der Waals surface area contributed by atoms with E-state index < -0.39 is 0 Å². The summed E-state index contributed by atoms with van der Waals surface area (Å²) in [6, 6.07) is 4.22. The molecule has 17 heavy (non-hydrogen) atoms. The second kappa shape index (κ2) is 6.99. The minimum atomic E-state index is 0. The van der Waals surface area contributed by atoms with Crippen molar-refractivity contribution in [3.63, 3.8) is 0 Å². The third-order valence-electron chi connectivity index (χ3n) is 3.00. The molecule has 3 nitrogen and oxygen atoms in total. The number of amides is 1. The molecule has 0 bridgehead atoms. The van der Waals surface area contributed by atoms with Gasteiger partial charge in [0.15, 0.2) is 0 Å². The van der Waals surface area contributed by atoms with Gasteiger partial charge >= 0.3 is 0 Å². The average Bonchev–Trinajstić information content (AvgIpc) is 2.83. The molecule has 2 rings (SSSR count). The third-order valence-corrected chi connectivity index (χ3v) is 4.05. The SMILES string of the molecule is CC(NC(=O)[C@@H]1CCCNC1)c1cccs1.Cl. The van der Waals surface area contributed by atoms with Crippen molar-refractivity contribution in [2.45, 2.75) is 25.8 Å². The van der Waals surface area contributed by atoms with Crippen LogP contribution in [0.3, 0.4) is 0 Å². The molecule has 0 aliphatic carbocycles. The number of nitrogens with one attached hydrogen (secondary N) is 2. The van der Waals surface area contributed by atoms with Crippen LogP contribution in [-0.2, 0) is 4.79 Å². The minimum absolute atomic E-state index is 0. The van der Waals surface area contributed by atoms with Crippen LogP contribution in [0.1, 0.15) is 30.7 Å². The van der Waals surface area contributed by atoms with E-state index in [1.54, 1.807) is 11.3 Å². The van der Waals surface area contributed by atoms with Crippen molar-refractivity contribution in [3.05, 3.63) is 22.4 Å². The van der Waals surface area contributed by atoms with Gasteiger partial charge in [0.05, 0.1) is 12.0 Å².